The Bertz CT molecular complexity index is 623. The summed E-state index contributed by atoms with van der Waals surface area (Å²) in [5, 5.41) is 0. The molecule has 98 valence electrons. The predicted molar refractivity (Wildman–Crippen MR) is 83.2 cm³/mol. The van der Waals surface area contributed by atoms with Crippen LogP contribution in [-0.2, 0) is 5.41 Å². The third-order valence-electron chi connectivity index (χ3n) is 4.12. The number of benzene rings is 2. The maximum absolute atomic E-state index is 2.41. The van der Waals surface area contributed by atoms with E-state index in [4.69, 9.17) is 0 Å². The fourth-order valence-corrected chi connectivity index (χ4v) is 4.20. The largest absolute Gasteiger partial charge is 0.0895 e. The van der Waals surface area contributed by atoms with Gasteiger partial charge in [0.15, 0.2) is 0 Å². The van der Waals surface area contributed by atoms with Crippen molar-refractivity contribution in [3.8, 4) is 0 Å². The first kappa shape index (κ1) is 12.8. The summed E-state index contributed by atoms with van der Waals surface area (Å²) in [7, 11) is 0. The van der Waals surface area contributed by atoms with Gasteiger partial charge in [-0.2, -0.15) is 0 Å². The lowest BCUT2D eigenvalue weighted by atomic mass is 9.76. The Morgan fingerprint density at radius 1 is 0.895 bits per heavy atom. The van der Waals surface area contributed by atoms with Gasteiger partial charge < -0.3 is 0 Å². The van der Waals surface area contributed by atoms with E-state index in [1.807, 2.05) is 11.8 Å². The van der Waals surface area contributed by atoms with Crippen molar-refractivity contribution in [2.45, 2.75) is 48.8 Å². The van der Waals surface area contributed by atoms with Crippen molar-refractivity contribution in [3.05, 3.63) is 59.2 Å². The molecule has 0 aliphatic carbocycles. The van der Waals surface area contributed by atoms with Crippen molar-refractivity contribution >= 4 is 11.8 Å². The molecule has 0 amide bonds. The number of hydrogen-bond acceptors (Lipinski definition) is 1. The van der Waals surface area contributed by atoms with Crippen LogP contribution >= 0.6 is 11.8 Å². The van der Waals surface area contributed by atoms with Crippen molar-refractivity contribution in [2.24, 2.45) is 0 Å². The Labute approximate surface area is 120 Å². The zero-order valence-corrected chi connectivity index (χ0v) is 12.8. The van der Waals surface area contributed by atoms with Gasteiger partial charge in [0.05, 0.1) is 0 Å². The molecule has 1 heterocycles. The summed E-state index contributed by atoms with van der Waals surface area (Å²) in [5.74, 6) is 0.586. The monoisotopic (exact) mass is 268 g/mol. The Morgan fingerprint density at radius 3 is 2.32 bits per heavy atom. The molecule has 2 aromatic rings. The summed E-state index contributed by atoms with van der Waals surface area (Å²) < 4.78 is 0. The molecule has 0 N–H and O–H groups in total. The van der Waals surface area contributed by atoms with Gasteiger partial charge in [-0.15, -0.1) is 0 Å². The highest BCUT2D eigenvalue weighted by Crippen LogP contribution is 2.49. The van der Waals surface area contributed by atoms with E-state index < -0.39 is 0 Å². The Balaban J connectivity index is 2.20. The summed E-state index contributed by atoms with van der Waals surface area (Å²) in [5.41, 5.74) is 4.46. The topological polar surface area (TPSA) is 0 Å². The zero-order valence-electron chi connectivity index (χ0n) is 12.0. The van der Waals surface area contributed by atoms with E-state index in [-0.39, 0.29) is 5.41 Å². The van der Waals surface area contributed by atoms with E-state index >= 15 is 0 Å². The quantitative estimate of drug-likeness (QED) is 0.648. The molecule has 0 spiro atoms. The van der Waals surface area contributed by atoms with E-state index in [0.717, 1.165) is 0 Å². The average Bonchev–Trinajstić information content (AvgIpc) is 2.38. The van der Waals surface area contributed by atoms with Gasteiger partial charge in [0, 0.05) is 15.2 Å². The molecule has 1 aliphatic rings. The Kier molecular flexibility index (Phi) is 2.98. The van der Waals surface area contributed by atoms with Gasteiger partial charge in [0.25, 0.3) is 0 Å². The Morgan fingerprint density at radius 2 is 1.58 bits per heavy atom. The van der Waals surface area contributed by atoms with Crippen LogP contribution in [0.25, 0.3) is 0 Å². The van der Waals surface area contributed by atoms with Crippen molar-refractivity contribution < 1.29 is 0 Å². The number of rotatable bonds is 1. The molecule has 1 aliphatic heterocycles. The highest BCUT2D eigenvalue weighted by atomic mass is 32.2. The summed E-state index contributed by atoms with van der Waals surface area (Å²) in [4.78, 5) is 2.81. The molecule has 0 bridgehead atoms. The fraction of sp³-hybridized carbons (Fsp3) is 0.333. The van der Waals surface area contributed by atoms with Crippen LogP contribution in [0.2, 0.25) is 0 Å². The Hall–Kier alpha value is -1.21. The van der Waals surface area contributed by atoms with Crippen LogP contribution < -0.4 is 0 Å². The van der Waals surface area contributed by atoms with Crippen LogP contribution in [0.4, 0.5) is 0 Å². The molecule has 0 atom stereocenters. The van der Waals surface area contributed by atoms with Gasteiger partial charge in [-0.25, -0.2) is 0 Å². The average molecular weight is 268 g/mol. The second-order valence-electron chi connectivity index (χ2n) is 6.13. The molecule has 0 saturated carbocycles. The van der Waals surface area contributed by atoms with Crippen LogP contribution in [0, 0.1) is 0 Å². The molecule has 0 saturated heterocycles. The van der Waals surface area contributed by atoms with Crippen molar-refractivity contribution in [1.82, 2.24) is 0 Å². The van der Waals surface area contributed by atoms with Gasteiger partial charge in [-0.1, -0.05) is 69.8 Å². The SMILES string of the molecule is CC(C)c1ccc2c(c1)C(C)(C)c1ccccc1S2. The molecular formula is C18H20S. The van der Waals surface area contributed by atoms with Crippen LogP contribution in [0.15, 0.2) is 52.3 Å². The molecule has 0 nitrogen and oxygen atoms in total. The van der Waals surface area contributed by atoms with Gasteiger partial charge >= 0.3 is 0 Å². The van der Waals surface area contributed by atoms with Crippen molar-refractivity contribution in [2.75, 3.05) is 0 Å². The van der Waals surface area contributed by atoms with E-state index in [9.17, 15) is 0 Å². The maximum Gasteiger partial charge on any atom is 0.0169 e. The lowest BCUT2D eigenvalue weighted by Crippen LogP contribution is -2.23. The fourth-order valence-electron chi connectivity index (χ4n) is 2.82. The van der Waals surface area contributed by atoms with Gasteiger partial charge in [-0.3, -0.25) is 0 Å². The maximum atomic E-state index is 2.41. The van der Waals surface area contributed by atoms with Crippen molar-refractivity contribution in [3.63, 3.8) is 0 Å². The second-order valence-corrected chi connectivity index (χ2v) is 7.22. The van der Waals surface area contributed by atoms with E-state index in [1.165, 1.54) is 26.5 Å². The first-order valence-electron chi connectivity index (χ1n) is 6.92. The zero-order chi connectivity index (χ0) is 13.6. The molecule has 0 unspecified atom stereocenters. The van der Waals surface area contributed by atoms with E-state index in [2.05, 4.69) is 70.2 Å². The third kappa shape index (κ3) is 2.01. The first-order valence-corrected chi connectivity index (χ1v) is 7.73. The predicted octanol–water partition coefficient (Wildman–Crippen LogP) is 5.60. The summed E-state index contributed by atoms with van der Waals surface area (Å²) >= 11 is 1.91. The number of hydrogen-bond donors (Lipinski definition) is 0. The van der Waals surface area contributed by atoms with Gasteiger partial charge in [-0.05, 0) is 34.7 Å². The lowest BCUT2D eigenvalue weighted by molar-refractivity contribution is 0.605. The molecular weight excluding hydrogens is 248 g/mol. The molecule has 1 heteroatoms. The highest BCUT2D eigenvalue weighted by molar-refractivity contribution is 7.99. The van der Waals surface area contributed by atoms with Gasteiger partial charge in [0.2, 0.25) is 0 Å². The minimum absolute atomic E-state index is 0.0993. The normalized spacial score (nSPS) is 16.1. The summed E-state index contributed by atoms with van der Waals surface area (Å²) in [6, 6.07) is 15.8. The molecule has 19 heavy (non-hydrogen) atoms. The molecule has 2 aromatic carbocycles. The number of fused-ring (bicyclic) bond motifs is 2. The van der Waals surface area contributed by atoms with Crippen molar-refractivity contribution in [1.29, 1.82) is 0 Å². The molecule has 0 aromatic heterocycles. The second kappa shape index (κ2) is 4.42. The van der Waals surface area contributed by atoms with Crippen LogP contribution in [0.3, 0.4) is 0 Å². The standard InChI is InChI=1S/C18H20S/c1-12(2)13-9-10-17-15(11-13)18(3,4)14-7-5-6-8-16(14)19-17/h5-12H,1-4H3. The van der Waals surface area contributed by atoms with Crippen LogP contribution in [-0.4, -0.2) is 0 Å². The minimum atomic E-state index is 0.0993. The van der Waals surface area contributed by atoms with E-state index in [1.54, 1.807) is 0 Å². The first-order chi connectivity index (χ1) is 9.00. The molecule has 3 rings (SSSR count). The molecule has 0 fully saturated rings. The van der Waals surface area contributed by atoms with E-state index in [0.29, 0.717) is 5.92 Å². The molecule has 0 radical (unpaired) electrons. The minimum Gasteiger partial charge on any atom is -0.0895 e. The smallest absolute Gasteiger partial charge is 0.0169 e. The third-order valence-corrected chi connectivity index (χ3v) is 5.28. The summed E-state index contributed by atoms with van der Waals surface area (Å²) in [6.45, 7) is 9.21. The summed E-state index contributed by atoms with van der Waals surface area (Å²) in [6.07, 6.45) is 0. The van der Waals surface area contributed by atoms with Crippen LogP contribution in [0.5, 0.6) is 0 Å². The van der Waals surface area contributed by atoms with Crippen LogP contribution in [0.1, 0.15) is 50.3 Å². The van der Waals surface area contributed by atoms with Gasteiger partial charge in [0.1, 0.15) is 0 Å². The highest BCUT2D eigenvalue weighted by Gasteiger charge is 2.32. The lowest BCUT2D eigenvalue weighted by Gasteiger charge is -2.35.